The predicted molar refractivity (Wildman–Crippen MR) is 132 cm³/mol. The maximum atomic E-state index is 4.32. The van der Waals surface area contributed by atoms with Crippen molar-refractivity contribution in [2.24, 2.45) is 59.2 Å². The lowest BCUT2D eigenvalue weighted by Crippen LogP contribution is -2.53. The van der Waals surface area contributed by atoms with Crippen LogP contribution in [0.15, 0.2) is 0 Å². The van der Waals surface area contributed by atoms with E-state index < -0.39 is 0 Å². The van der Waals surface area contributed by atoms with Gasteiger partial charge in [-0.2, -0.15) is 0 Å². The number of hydrogen-bond donors (Lipinski definition) is 2. The van der Waals surface area contributed by atoms with Crippen molar-refractivity contribution in [2.45, 2.75) is 81.3 Å². The highest BCUT2D eigenvalue weighted by Gasteiger charge is 2.41. The van der Waals surface area contributed by atoms with E-state index in [4.69, 9.17) is 0 Å². The Morgan fingerprint density at radius 2 is 0.700 bits per heavy atom. The Labute approximate surface area is 189 Å². The number of rotatable bonds is 8. The zero-order valence-corrected chi connectivity index (χ0v) is 21.9. The fourth-order valence-electron chi connectivity index (χ4n) is 6.77. The van der Waals surface area contributed by atoms with Gasteiger partial charge in [-0.3, -0.25) is 7.05 Å². The van der Waals surface area contributed by atoms with Crippen molar-refractivity contribution >= 4 is 0 Å². The van der Waals surface area contributed by atoms with Crippen LogP contribution >= 0.6 is 0 Å². The van der Waals surface area contributed by atoms with Gasteiger partial charge in [0.15, 0.2) is 0 Å². The van der Waals surface area contributed by atoms with Gasteiger partial charge in [-0.15, -0.1) is 0 Å². The average molecular weight is 421 g/mol. The summed E-state index contributed by atoms with van der Waals surface area (Å²) in [5.74, 6) is 7.78. The molecule has 0 aromatic carbocycles. The van der Waals surface area contributed by atoms with E-state index in [0.29, 0.717) is 12.1 Å². The molecule has 8 atom stereocenters. The van der Waals surface area contributed by atoms with Gasteiger partial charge in [0.05, 0.1) is 0 Å². The molecule has 0 amide bonds. The van der Waals surface area contributed by atoms with E-state index in [0.717, 1.165) is 85.4 Å². The standard InChI is InChI=1S/C27H54N3/c1-16-18(3)22(7)26(23(8)19(16)4)28-12-14-30(11)15-13-29-27-24(9)20(5)17(2)21(6)25(27)10/h16-29H,11-15H2,1-10H3/q-1/t16?,17?,18-,19-,20+,21+,22-,23-,24+,25+,26?,27?. The Morgan fingerprint density at radius 3 is 0.967 bits per heavy atom. The highest BCUT2D eigenvalue weighted by atomic mass is 15.1. The first-order chi connectivity index (χ1) is 14.0. The SMILES string of the molecule is [CH2-]N(CCNC1[C@@H](C)[C@@H](C)C(C)[C@H](C)[C@@H]1C)CCNC1[C@H](C)[C@H](C)C(C)[C@@H](C)[C@H]1C. The Bertz CT molecular complexity index is 432. The molecule has 2 N–H and O–H groups in total. The fourth-order valence-corrected chi connectivity index (χ4v) is 6.77. The lowest BCUT2D eigenvalue weighted by Gasteiger charge is -2.48. The molecule has 2 fully saturated rings. The molecule has 0 unspecified atom stereocenters. The maximum Gasteiger partial charge on any atom is 0.0124 e. The van der Waals surface area contributed by atoms with Crippen LogP contribution < -0.4 is 10.6 Å². The molecule has 2 saturated carbocycles. The molecule has 0 saturated heterocycles. The van der Waals surface area contributed by atoms with Crippen LogP contribution in [-0.2, 0) is 0 Å². The van der Waals surface area contributed by atoms with Gasteiger partial charge in [-0.25, -0.2) is 0 Å². The Balaban J connectivity index is 1.73. The molecule has 0 aliphatic heterocycles. The molecule has 0 radical (unpaired) electrons. The van der Waals surface area contributed by atoms with Crippen molar-refractivity contribution in [3.63, 3.8) is 0 Å². The minimum absolute atomic E-state index is 0.631. The van der Waals surface area contributed by atoms with E-state index in [2.05, 4.69) is 91.8 Å². The van der Waals surface area contributed by atoms with Crippen LogP contribution in [0.2, 0.25) is 0 Å². The lowest BCUT2D eigenvalue weighted by atomic mass is 9.62. The normalized spacial score (nSPS) is 47.6. The highest BCUT2D eigenvalue weighted by molar-refractivity contribution is 4.94. The van der Waals surface area contributed by atoms with E-state index in [1.165, 1.54) is 0 Å². The van der Waals surface area contributed by atoms with Crippen molar-refractivity contribution in [2.75, 3.05) is 26.2 Å². The molecule has 178 valence electrons. The van der Waals surface area contributed by atoms with E-state index >= 15 is 0 Å². The Hall–Kier alpha value is -0.120. The zero-order chi connectivity index (χ0) is 22.7. The summed E-state index contributed by atoms with van der Waals surface area (Å²) < 4.78 is 0. The highest BCUT2D eigenvalue weighted by Crippen LogP contribution is 2.42. The van der Waals surface area contributed by atoms with Gasteiger partial charge < -0.3 is 15.5 Å². The second-order valence-electron chi connectivity index (χ2n) is 11.7. The molecule has 0 spiro atoms. The third-order valence-corrected chi connectivity index (χ3v) is 10.5. The van der Waals surface area contributed by atoms with Crippen LogP contribution in [0.1, 0.15) is 69.2 Å². The maximum absolute atomic E-state index is 4.32. The van der Waals surface area contributed by atoms with Crippen molar-refractivity contribution in [1.29, 1.82) is 0 Å². The quantitative estimate of drug-likeness (QED) is 0.516. The molecular weight excluding hydrogens is 366 g/mol. The monoisotopic (exact) mass is 420 g/mol. The summed E-state index contributed by atoms with van der Waals surface area (Å²) in [4.78, 5) is 2.25. The molecule has 3 nitrogen and oxygen atoms in total. The molecule has 2 rings (SSSR count). The van der Waals surface area contributed by atoms with Crippen LogP contribution in [0.4, 0.5) is 0 Å². The van der Waals surface area contributed by atoms with E-state index in [-0.39, 0.29) is 0 Å². The topological polar surface area (TPSA) is 27.3 Å². The van der Waals surface area contributed by atoms with E-state index in [1.54, 1.807) is 0 Å². The summed E-state index contributed by atoms with van der Waals surface area (Å²) in [6.07, 6.45) is 0. The van der Waals surface area contributed by atoms with Crippen LogP contribution in [0.3, 0.4) is 0 Å². The van der Waals surface area contributed by atoms with Crippen LogP contribution in [0.5, 0.6) is 0 Å². The molecule has 0 heterocycles. The molecule has 0 aromatic heterocycles. The summed E-state index contributed by atoms with van der Waals surface area (Å²) in [5.41, 5.74) is 0. The molecule has 2 aliphatic carbocycles. The van der Waals surface area contributed by atoms with E-state index in [9.17, 15) is 0 Å². The van der Waals surface area contributed by atoms with Crippen molar-refractivity contribution in [1.82, 2.24) is 15.5 Å². The van der Waals surface area contributed by atoms with Gasteiger partial charge in [-0.05, 0) is 72.3 Å². The Morgan fingerprint density at radius 1 is 0.467 bits per heavy atom. The van der Waals surface area contributed by atoms with Crippen molar-refractivity contribution in [3.8, 4) is 0 Å². The third-order valence-electron chi connectivity index (χ3n) is 10.5. The molecule has 2 aliphatic rings. The van der Waals surface area contributed by atoms with Gasteiger partial charge >= 0.3 is 0 Å². The first kappa shape index (κ1) is 26.1. The predicted octanol–water partition coefficient (Wildman–Crippen LogP) is 5.38. The first-order valence-corrected chi connectivity index (χ1v) is 13.0. The summed E-state index contributed by atoms with van der Waals surface area (Å²) in [6, 6.07) is 1.26. The van der Waals surface area contributed by atoms with Gasteiger partial charge in [-0.1, -0.05) is 69.2 Å². The van der Waals surface area contributed by atoms with Crippen LogP contribution in [0, 0.1) is 66.2 Å². The second kappa shape index (κ2) is 11.1. The van der Waals surface area contributed by atoms with Crippen molar-refractivity contribution in [3.05, 3.63) is 7.05 Å². The average Bonchev–Trinajstić information content (AvgIpc) is 2.72. The summed E-state index contributed by atoms with van der Waals surface area (Å²) >= 11 is 0. The number of nitrogens with one attached hydrogen (secondary N) is 2. The first-order valence-electron chi connectivity index (χ1n) is 13.0. The fraction of sp³-hybridized carbons (Fsp3) is 0.963. The van der Waals surface area contributed by atoms with Gasteiger partial charge in [0, 0.05) is 25.2 Å². The van der Waals surface area contributed by atoms with Gasteiger partial charge in [0.1, 0.15) is 0 Å². The lowest BCUT2D eigenvalue weighted by molar-refractivity contribution is 0.0425. The summed E-state index contributed by atoms with van der Waals surface area (Å²) in [6.45, 7) is 28.6. The van der Waals surface area contributed by atoms with Crippen LogP contribution in [0.25, 0.3) is 0 Å². The van der Waals surface area contributed by atoms with E-state index in [1.807, 2.05) is 0 Å². The number of nitrogens with zero attached hydrogens (tertiary/aromatic N) is 1. The van der Waals surface area contributed by atoms with Gasteiger partial charge in [0.2, 0.25) is 0 Å². The minimum Gasteiger partial charge on any atom is -0.457 e. The molecule has 3 heteroatoms. The largest absolute Gasteiger partial charge is 0.457 e. The minimum atomic E-state index is 0.631. The number of hydrogen-bond acceptors (Lipinski definition) is 3. The molecule has 0 aromatic rings. The summed E-state index contributed by atoms with van der Waals surface area (Å²) in [7, 11) is 4.32. The van der Waals surface area contributed by atoms with Gasteiger partial charge in [0.25, 0.3) is 0 Å². The smallest absolute Gasteiger partial charge is 0.0124 e. The molecular formula is C27H54N3-. The van der Waals surface area contributed by atoms with Crippen molar-refractivity contribution < 1.29 is 0 Å². The zero-order valence-electron chi connectivity index (χ0n) is 21.9. The molecule has 30 heavy (non-hydrogen) atoms. The second-order valence-corrected chi connectivity index (χ2v) is 11.7. The Kier molecular flexibility index (Phi) is 9.71. The third kappa shape index (κ3) is 5.62. The summed E-state index contributed by atoms with van der Waals surface area (Å²) in [5, 5.41) is 7.80. The van der Waals surface area contributed by atoms with Crippen LogP contribution in [-0.4, -0.2) is 43.2 Å². The molecule has 0 bridgehead atoms.